The molecule has 2 N–H and O–H groups in total. The number of hydrogen-bond acceptors (Lipinski definition) is 5. The lowest BCUT2D eigenvalue weighted by molar-refractivity contribution is 0.0572. The van der Waals surface area contributed by atoms with Gasteiger partial charge in [0.1, 0.15) is 17.1 Å². The number of rotatable bonds is 6. The number of β-amino-alcohol motifs (C(OH)–C–C–N with tert-alkyl or cyclic N) is 1. The maximum Gasteiger partial charge on any atom is 0.269 e. The highest BCUT2D eigenvalue weighted by molar-refractivity contribution is 5.92. The second kappa shape index (κ2) is 7.45. The van der Waals surface area contributed by atoms with Gasteiger partial charge in [-0.1, -0.05) is 19.9 Å². The number of aliphatic hydroxyl groups is 1. The van der Waals surface area contributed by atoms with E-state index in [0.717, 1.165) is 11.5 Å². The lowest BCUT2D eigenvalue weighted by atomic mass is 10.0. The van der Waals surface area contributed by atoms with Crippen LogP contribution in [0.2, 0.25) is 0 Å². The first-order valence-electron chi connectivity index (χ1n) is 9.16. The van der Waals surface area contributed by atoms with Crippen LogP contribution in [0.25, 0.3) is 0 Å². The van der Waals surface area contributed by atoms with Crippen molar-refractivity contribution in [2.75, 3.05) is 24.5 Å². The molecule has 1 atom stereocenters. The predicted octanol–water partition coefficient (Wildman–Crippen LogP) is 1.79. The lowest BCUT2D eigenvalue weighted by Gasteiger charge is -2.24. The molecule has 26 heavy (non-hydrogen) atoms. The molecule has 1 aliphatic heterocycles. The Morgan fingerprint density at radius 2 is 2.23 bits per heavy atom. The molecule has 1 aliphatic rings. The topological polar surface area (TPSA) is 83.3 Å². The Morgan fingerprint density at radius 1 is 1.42 bits per heavy atom. The van der Waals surface area contributed by atoms with Crippen molar-refractivity contribution in [1.29, 1.82) is 0 Å². The van der Waals surface area contributed by atoms with E-state index < -0.39 is 5.60 Å². The molecule has 0 saturated carbocycles. The van der Waals surface area contributed by atoms with E-state index in [4.69, 9.17) is 0 Å². The summed E-state index contributed by atoms with van der Waals surface area (Å²) in [6, 6.07) is 7.56. The van der Waals surface area contributed by atoms with Crippen LogP contribution < -0.4 is 10.2 Å². The van der Waals surface area contributed by atoms with Crippen LogP contribution in [0.1, 0.15) is 49.3 Å². The summed E-state index contributed by atoms with van der Waals surface area (Å²) >= 11 is 0. The maximum atomic E-state index is 12.6. The van der Waals surface area contributed by atoms with E-state index in [1.165, 1.54) is 0 Å². The van der Waals surface area contributed by atoms with Gasteiger partial charge in [-0.2, -0.15) is 5.10 Å². The first-order chi connectivity index (χ1) is 12.4. The van der Waals surface area contributed by atoms with Crippen molar-refractivity contribution in [2.24, 2.45) is 0 Å². The van der Waals surface area contributed by atoms with Gasteiger partial charge >= 0.3 is 0 Å². The number of nitrogens with zero attached hydrogens (tertiary/aromatic N) is 4. The van der Waals surface area contributed by atoms with Crippen molar-refractivity contribution in [3.63, 3.8) is 0 Å². The summed E-state index contributed by atoms with van der Waals surface area (Å²) in [5.74, 6) is 0.914. The number of aromatic nitrogens is 3. The fourth-order valence-electron chi connectivity index (χ4n) is 3.22. The van der Waals surface area contributed by atoms with E-state index in [0.29, 0.717) is 31.7 Å². The van der Waals surface area contributed by atoms with Crippen molar-refractivity contribution in [3.05, 3.63) is 41.9 Å². The van der Waals surface area contributed by atoms with Gasteiger partial charge in [0.2, 0.25) is 0 Å². The van der Waals surface area contributed by atoms with Gasteiger partial charge in [0.25, 0.3) is 5.91 Å². The summed E-state index contributed by atoms with van der Waals surface area (Å²) in [5, 5.41) is 18.2. The number of anilines is 1. The smallest absolute Gasteiger partial charge is 0.269 e. The Kier molecular flexibility index (Phi) is 5.27. The molecule has 1 amide bonds. The van der Waals surface area contributed by atoms with E-state index in [9.17, 15) is 9.90 Å². The highest BCUT2D eigenvalue weighted by atomic mass is 16.3. The van der Waals surface area contributed by atoms with Crippen LogP contribution in [0.15, 0.2) is 30.5 Å². The van der Waals surface area contributed by atoms with Gasteiger partial charge in [0.05, 0.1) is 5.69 Å². The van der Waals surface area contributed by atoms with E-state index >= 15 is 0 Å². The Bertz CT molecular complexity index is 759. The maximum absolute atomic E-state index is 12.6. The Hall–Kier alpha value is -2.41. The molecule has 7 heteroatoms. The zero-order valence-electron chi connectivity index (χ0n) is 15.6. The summed E-state index contributed by atoms with van der Waals surface area (Å²) in [7, 11) is 0. The van der Waals surface area contributed by atoms with Crippen LogP contribution in [0.4, 0.5) is 5.82 Å². The number of nitrogens with one attached hydrogen (secondary N) is 1. The minimum atomic E-state index is -0.953. The number of amides is 1. The van der Waals surface area contributed by atoms with Crippen LogP contribution in [-0.2, 0) is 6.54 Å². The molecule has 3 heterocycles. The average molecular weight is 357 g/mol. The van der Waals surface area contributed by atoms with Crippen LogP contribution in [0.5, 0.6) is 0 Å². The van der Waals surface area contributed by atoms with E-state index in [1.54, 1.807) is 10.9 Å². The molecular formula is C19H27N5O2. The molecule has 1 fully saturated rings. The van der Waals surface area contributed by atoms with Gasteiger partial charge in [-0.15, -0.1) is 0 Å². The highest BCUT2D eigenvalue weighted by Crippen LogP contribution is 2.25. The van der Waals surface area contributed by atoms with Crippen molar-refractivity contribution in [2.45, 2.75) is 45.3 Å². The zero-order valence-corrected chi connectivity index (χ0v) is 15.6. The standard InChI is InChI=1S/C19H27N5O2/c1-4-24-16(11-15(22-24)14(2)3)18(25)21-12-19(26)8-10-23(13-19)17-7-5-6-9-20-17/h5-7,9,11,14,26H,4,8,10,12-13H2,1-3H3,(H,21,25)/t19-/m1/s1. The van der Waals surface area contributed by atoms with Crippen LogP contribution in [0, 0.1) is 0 Å². The summed E-state index contributed by atoms with van der Waals surface area (Å²) in [6.07, 6.45) is 2.33. The molecule has 0 radical (unpaired) electrons. The summed E-state index contributed by atoms with van der Waals surface area (Å²) in [4.78, 5) is 19.0. The molecule has 0 aliphatic carbocycles. The molecule has 140 valence electrons. The first kappa shape index (κ1) is 18.4. The predicted molar refractivity (Wildman–Crippen MR) is 100 cm³/mol. The molecule has 0 aromatic carbocycles. The van der Waals surface area contributed by atoms with Gasteiger partial charge in [-0.3, -0.25) is 9.48 Å². The fourth-order valence-corrected chi connectivity index (χ4v) is 3.22. The molecule has 2 aromatic heterocycles. The lowest BCUT2D eigenvalue weighted by Crippen LogP contribution is -2.45. The zero-order chi connectivity index (χ0) is 18.7. The number of hydrogen-bond donors (Lipinski definition) is 2. The average Bonchev–Trinajstić information content (AvgIpc) is 3.25. The Balaban J connectivity index is 1.63. The van der Waals surface area contributed by atoms with E-state index in [1.807, 2.05) is 36.1 Å². The van der Waals surface area contributed by atoms with Gasteiger partial charge in [0, 0.05) is 32.4 Å². The SMILES string of the molecule is CCn1nc(C(C)C)cc1C(=O)NC[C@]1(O)CCN(c2ccccn2)C1. The molecule has 0 bridgehead atoms. The quantitative estimate of drug-likeness (QED) is 0.824. The third-order valence-electron chi connectivity index (χ3n) is 4.81. The minimum Gasteiger partial charge on any atom is -0.386 e. The molecule has 1 saturated heterocycles. The molecule has 7 nitrogen and oxygen atoms in total. The highest BCUT2D eigenvalue weighted by Gasteiger charge is 2.37. The normalized spacial score (nSPS) is 20.0. The monoisotopic (exact) mass is 357 g/mol. The number of carbonyl (C=O) groups is 1. The Labute approximate surface area is 154 Å². The van der Waals surface area contributed by atoms with Crippen molar-refractivity contribution in [3.8, 4) is 0 Å². The summed E-state index contributed by atoms with van der Waals surface area (Å²) in [5.41, 5.74) is 0.489. The largest absolute Gasteiger partial charge is 0.386 e. The van der Waals surface area contributed by atoms with E-state index in [2.05, 4.69) is 29.2 Å². The van der Waals surface area contributed by atoms with Crippen LogP contribution in [-0.4, -0.2) is 51.0 Å². The molecule has 0 unspecified atom stereocenters. The van der Waals surface area contributed by atoms with Crippen LogP contribution in [0.3, 0.4) is 0 Å². The van der Waals surface area contributed by atoms with Gasteiger partial charge in [-0.05, 0) is 37.5 Å². The summed E-state index contributed by atoms with van der Waals surface area (Å²) < 4.78 is 1.71. The molecule has 3 rings (SSSR count). The third kappa shape index (κ3) is 3.88. The van der Waals surface area contributed by atoms with E-state index in [-0.39, 0.29) is 18.4 Å². The van der Waals surface area contributed by atoms with Crippen molar-refractivity contribution in [1.82, 2.24) is 20.1 Å². The fraction of sp³-hybridized carbons (Fsp3) is 0.526. The van der Waals surface area contributed by atoms with Gasteiger partial charge in [0.15, 0.2) is 0 Å². The number of carbonyl (C=O) groups excluding carboxylic acids is 1. The second-order valence-corrected chi connectivity index (χ2v) is 7.19. The van der Waals surface area contributed by atoms with Gasteiger partial charge in [-0.25, -0.2) is 4.98 Å². The second-order valence-electron chi connectivity index (χ2n) is 7.19. The third-order valence-corrected chi connectivity index (χ3v) is 4.81. The number of aryl methyl sites for hydroxylation is 1. The Morgan fingerprint density at radius 3 is 2.88 bits per heavy atom. The summed E-state index contributed by atoms with van der Waals surface area (Å²) in [6.45, 7) is 8.08. The number of pyridine rings is 1. The van der Waals surface area contributed by atoms with Gasteiger partial charge < -0.3 is 15.3 Å². The van der Waals surface area contributed by atoms with Crippen LogP contribution >= 0.6 is 0 Å². The minimum absolute atomic E-state index is 0.198. The first-order valence-corrected chi connectivity index (χ1v) is 9.16. The molecular weight excluding hydrogens is 330 g/mol. The van der Waals surface area contributed by atoms with Crippen molar-refractivity contribution < 1.29 is 9.90 Å². The molecule has 2 aromatic rings. The van der Waals surface area contributed by atoms with Crippen molar-refractivity contribution >= 4 is 11.7 Å². The molecule has 0 spiro atoms.